The fraction of sp³-hybridized carbons (Fsp3) is 0.467. The van der Waals surface area contributed by atoms with Crippen molar-refractivity contribution < 1.29 is 8.91 Å². The van der Waals surface area contributed by atoms with Gasteiger partial charge in [0.15, 0.2) is 0 Å². The molecule has 0 spiro atoms. The maximum Gasteiger partial charge on any atom is 0.230 e. The van der Waals surface area contributed by atoms with Crippen molar-refractivity contribution in [1.82, 2.24) is 15.5 Å². The molecule has 0 saturated heterocycles. The van der Waals surface area contributed by atoms with Crippen LogP contribution in [0, 0.1) is 5.82 Å². The molecular weight excluding hydrogens is 337 g/mol. The number of rotatable bonds is 3. The van der Waals surface area contributed by atoms with Gasteiger partial charge in [-0.15, -0.1) is 0 Å². The molecule has 1 fully saturated rings. The van der Waals surface area contributed by atoms with Crippen LogP contribution in [-0.2, 0) is 0 Å². The van der Waals surface area contributed by atoms with Gasteiger partial charge in [-0.05, 0) is 50.9 Å². The Morgan fingerprint density at radius 2 is 2.00 bits per heavy atom. The smallest absolute Gasteiger partial charge is 0.230 e. The Kier molecular flexibility index (Phi) is 4.35. The molecule has 0 radical (unpaired) electrons. The molecule has 112 valence electrons. The van der Waals surface area contributed by atoms with Gasteiger partial charge in [-0.2, -0.15) is 4.98 Å². The molecule has 1 aromatic carbocycles. The number of nitrogens with zero attached hydrogens (tertiary/aromatic N) is 2. The SMILES string of the molecule is CNC1CCC(c2nc(-c3cc(F)cc(Br)c3)no2)CC1. The predicted octanol–water partition coefficient (Wildman–Crippen LogP) is 3.88. The molecule has 1 aromatic heterocycles. The van der Waals surface area contributed by atoms with Gasteiger partial charge in [0.25, 0.3) is 0 Å². The van der Waals surface area contributed by atoms with E-state index < -0.39 is 0 Å². The highest BCUT2D eigenvalue weighted by atomic mass is 79.9. The topological polar surface area (TPSA) is 51.0 Å². The molecule has 1 aliphatic carbocycles. The lowest BCUT2D eigenvalue weighted by Crippen LogP contribution is -2.29. The molecule has 4 nitrogen and oxygen atoms in total. The average Bonchev–Trinajstić information content (AvgIpc) is 2.96. The van der Waals surface area contributed by atoms with Gasteiger partial charge in [-0.3, -0.25) is 0 Å². The lowest BCUT2D eigenvalue weighted by atomic mass is 9.86. The van der Waals surface area contributed by atoms with E-state index in [-0.39, 0.29) is 5.82 Å². The van der Waals surface area contributed by atoms with E-state index in [0.717, 1.165) is 25.7 Å². The van der Waals surface area contributed by atoms with Crippen LogP contribution in [0.15, 0.2) is 27.2 Å². The lowest BCUT2D eigenvalue weighted by Gasteiger charge is -2.25. The zero-order valence-corrected chi connectivity index (χ0v) is 13.4. The Balaban J connectivity index is 1.77. The lowest BCUT2D eigenvalue weighted by molar-refractivity contribution is 0.289. The highest BCUT2D eigenvalue weighted by Crippen LogP contribution is 2.33. The summed E-state index contributed by atoms with van der Waals surface area (Å²) in [7, 11) is 2.00. The van der Waals surface area contributed by atoms with Crippen molar-refractivity contribution in [3.8, 4) is 11.4 Å². The van der Waals surface area contributed by atoms with Gasteiger partial charge in [-0.25, -0.2) is 4.39 Å². The van der Waals surface area contributed by atoms with E-state index in [2.05, 4.69) is 31.4 Å². The highest BCUT2D eigenvalue weighted by Gasteiger charge is 2.26. The van der Waals surface area contributed by atoms with Crippen LogP contribution in [0.2, 0.25) is 0 Å². The summed E-state index contributed by atoms with van der Waals surface area (Å²) < 4.78 is 19.5. The first kappa shape index (κ1) is 14.7. The summed E-state index contributed by atoms with van der Waals surface area (Å²) in [5.74, 6) is 1.11. The van der Waals surface area contributed by atoms with E-state index in [1.165, 1.54) is 12.1 Å². The fourth-order valence-corrected chi connectivity index (χ4v) is 3.30. The molecule has 1 saturated carbocycles. The van der Waals surface area contributed by atoms with Crippen LogP contribution in [0.25, 0.3) is 11.4 Å². The van der Waals surface area contributed by atoms with Gasteiger partial charge in [0.2, 0.25) is 11.7 Å². The minimum absolute atomic E-state index is 0.313. The monoisotopic (exact) mass is 353 g/mol. The Labute approximate surface area is 131 Å². The molecule has 0 unspecified atom stereocenters. The van der Waals surface area contributed by atoms with Gasteiger partial charge < -0.3 is 9.84 Å². The van der Waals surface area contributed by atoms with Gasteiger partial charge in [0.1, 0.15) is 5.82 Å². The zero-order valence-electron chi connectivity index (χ0n) is 11.8. The van der Waals surface area contributed by atoms with Crippen molar-refractivity contribution in [2.24, 2.45) is 0 Å². The van der Waals surface area contributed by atoms with Crippen LogP contribution >= 0.6 is 15.9 Å². The second-order valence-electron chi connectivity index (χ2n) is 5.45. The summed E-state index contributed by atoms with van der Waals surface area (Å²) in [5, 5.41) is 7.30. The molecule has 1 N–H and O–H groups in total. The number of halogens is 2. The molecule has 0 bridgehead atoms. The van der Waals surface area contributed by atoms with E-state index in [1.807, 2.05) is 7.05 Å². The molecule has 21 heavy (non-hydrogen) atoms. The first-order chi connectivity index (χ1) is 10.2. The summed E-state index contributed by atoms with van der Waals surface area (Å²) in [6.45, 7) is 0. The number of hydrogen-bond donors (Lipinski definition) is 1. The molecular formula is C15H17BrFN3O. The van der Waals surface area contributed by atoms with Crippen LogP contribution in [0.3, 0.4) is 0 Å². The molecule has 0 aliphatic heterocycles. The van der Waals surface area contributed by atoms with Crippen LogP contribution in [-0.4, -0.2) is 23.2 Å². The van der Waals surface area contributed by atoms with Crippen molar-refractivity contribution in [3.05, 3.63) is 34.4 Å². The number of aromatic nitrogens is 2. The normalized spacial score (nSPS) is 22.4. The summed E-state index contributed by atoms with van der Waals surface area (Å²) >= 11 is 3.28. The maximum atomic E-state index is 13.4. The Hall–Kier alpha value is -1.27. The minimum Gasteiger partial charge on any atom is -0.339 e. The number of nitrogens with one attached hydrogen (secondary N) is 1. The van der Waals surface area contributed by atoms with Gasteiger partial charge in [0, 0.05) is 22.0 Å². The standard InChI is InChI=1S/C15H17BrFN3O/c1-18-13-4-2-9(3-5-13)15-19-14(20-21-15)10-6-11(16)8-12(17)7-10/h6-9,13,18H,2-5H2,1H3. The van der Waals surface area contributed by atoms with Crippen molar-refractivity contribution in [2.75, 3.05) is 7.05 Å². The largest absolute Gasteiger partial charge is 0.339 e. The first-order valence-electron chi connectivity index (χ1n) is 7.13. The molecule has 1 aliphatic rings. The first-order valence-corrected chi connectivity index (χ1v) is 7.92. The predicted molar refractivity (Wildman–Crippen MR) is 81.4 cm³/mol. The van der Waals surface area contributed by atoms with Crippen molar-refractivity contribution in [3.63, 3.8) is 0 Å². The second kappa shape index (κ2) is 6.23. The molecule has 0 atom stereocenters. The summed E-state index contributed by atoms with van der Waals surface area (Å²) in [6.07, 6.45) is 4.31. The van der Waals surface area contributed by atoms with Crippen molar-refractivity contribution >= 4 is 15.9 Å². The summed E-state index contributed by atoms with van der Waals surface area (Å²) in [6, 6.07) is 5.19. The molecule has 2 aromatic rings. The van der Waals surface area contributed by atoms with Crippen molar-refractivity contribution in [1.29, 1.82) is 0 Å². The van der Waals surface area contributed by atoms with Crippen LogP contribution < -0.4 is 5.32 Å². The molecule has 6 heteroatoms. The Bertz CT molecular complexity index is 603. The highest BCUT2D eigenvalue weighted by molar-refractivity contribution is 9.10. The van der Waals surface area contributed by atoms with Crippen LogP contribution in [0.5, 0.6) is 0 Å². The second-order valence-corrected chi connectivity index (χ2v) is 6.37. The maximum absolute atomic E-state index is 13.4. The Morgan fingerprint density at radius 1 is 1.24 bits per heavy atom. The van der Waals surface area contributed by atoms with E-state index in [9.17, 15) is 4.39 Å². The molecule has 0 amide bonds. The van der Waals surface area contributed by atoms with E-state index >= 15 is 0 Å². The molecule has 1 heterocycles. The van der Waals surface area contributed by atoms with E-state index in [0.29, 0.717) is 33.7 Å². The number of hydrogen-bond acceptors (Lipinski definition) is 4. The summed E-state index contributed by atoms with van der Waals surface area (Å²) in [5.41, 5.74) is 0.626. The van der Waals surface area contributed by atoms with Crippen molar-refractivity contribution in [2.45, 2.75) is 37.6 Å². The minimum atomic E-state index is -0.319. The third-order valence-corrected chi connectivity index (χ3v) is 4.50. The van der Waals surface area contributed by atoms with Gasteiger partial charge in [0.05, 0.1) is 0 Å². The molecule has 3 rings (SSSR count). The van der Waals surface area contributed by atoms with Gasteiger partial charge in [-0.1, -0.05) is 21.1 Å². The number of benzene rings is 1. The Morgan fingerprint density at radius 3 is 2.67 bits per heavy atom. The van der Waals surface area contributed by atoms with Crippen LogP contribution in [0.4, 0.5) is 4.39 Å². The van der Waals surface area contributed by atoms with Crippen LogP contribution in [0.1, 0.15) is 37.5 Å². The zero-order chi connectivity index (χ0) is 14.8. The van der Waals surface area contributed by atoms with E-state index in [1.54, 1.807) is 6.07 Å². The third kappa shape index (κ3) is 3.32. The quantitative estimate of drug-likeness (QED) is 0.909. The van der Waals surface area contributed by atoms with E-state index in [4.69, 9.17) is 4.52 Å². The van der Waals surface area contributed by atoms with Gasteiger partial charge >= 0.3 is 0 Å². The summed E-state index contributed by atoms with van der Waals surface area (Å²) in [4.78, 5) is 4.45. The third-order valence-electron chi connectivity index (χ3n) is 4.05. The average molecular weight is 354 g/mol. The fourth-order valence-electron chi connectivity index (χ4n) is 2.83.